The Kier molecular flexibility index (Phi) is 3.27. The smallest absolute Gasteiger partial charge is 0.142 e. The number of aromatic nitrogens is 1. The van der Waals surface area contributed by atoms with Crippen LogP contribution in [0.5, 0.6) is 5.75 Å². The van der Waals surface area contributed by atoms with Crippen molar-refractivity contribution in [2.24, 2.45) is 11.3 Å². The molecule has 0 saturated heterocycles. The van der Waals surface area contributed by atoms with Crippen molar-refractivity contribution in [1.29, 1.82) is 0 Å². The van der Waals surface area contributed by atoms with Gasteiger partial charge in [0, 0.05) is 11.1 Å². The zero-order valence-corrected chi connectivity index (χ0v) is 13.0. The van der Waals surface area contributed by atoms with Crippen LogP contribution in [0.15, 0.2) is 18.2 Å². The Hall–Kier alpha value is -1.44. The zero-order chi connectivity index (χ0) is 14.3. The van der Waals surface area contributed by atoms with E-state index in [2.05, 4.69) is 37.9 Å². The van der Waals surface area contributed by atoms with Gasteiger partial charge in [0.1, 0.15) is 5.75 Å². The highest BCUT2D eigenvalue weighted by Gasteiger charge is 2.32. The molecule has 108 valence electrons. The van der Waals surface area contributed by atoms with Crippen LogP contribution < -0.4 is 4.74 Å². The minimum atomic E-state index is 0.431. The van der Waals surface area contributed by atoms with E-state index in [1.807, 2.05) is 6.07 Å². The summed E-state index contributed by atoms with van der Waals surface area (Å²) in [5.41, 5.74) is 4.56. The van der Waals surface area contributed by atoms with Crippen molar-refractivity contribution >= 4 is 10.9 Å². The van der Waals surface area contributed by atoms with Gasteiger partial charge in [-0.25, -0.2) is 0 Å². The third-order valence-electron chi connectivity index (χ3n) is 5.42. The second kappa shape index (κ2) is 4.83. The van der Waals surface area contributed by atoms with E-state index in [4.69, 9.17) is 4.74 Å². The molecule has 1 N–H and O–H groups in total. The van der Waals surface area contributed by atoms with Crippen molar-refractivity contribution in [2.75, 3.05) is 7.11 Å². The molecule has 0 radical (unpaired) electrons. The van der Waals surface area contributed by atoms with Crippen LogP contribution >= 0.6 is 0 Å². The van der Waals surface area contributed by atoms with E-state index in [0.29, 0.717) is 5.41 Å². The summed E-state index contributed by atoms with van der Waals surface area (Å²) in [6.07, 6.45) is 4.91. The molecule has 0 aliphatic heterocycles. The summed E-state index contributed by atoms with van der Waals surface area (Å²) >= 11 is 0. The number of rotatable bonds is 3. The fourth-order valence-electron chi connectivity index (χ4n) is 3.54. The summed E-state index contributed by atoms with van der Waals surface area (Å²) in [5.74, 6) is 1.74. The lowest BCUT2D eigenvalue weighted by Crippen LogP contribution is -2.28. The fourth-order valence-corrected chi connectivity index (χ4v) is 3.54. The van der Waals surface area contributed by atoms with Crippen molar-refractivity contribution in [3.63, 3.8) is 0 Å². The summed E-state index contributed by atoms with van der Waals surface area (Å²) in [7, 11) is 1.75. The van der Waals surface area contributed by atoms with Gasteiger partial charge in [0.2, 0.25) is 0 Å². The van der Waals surface area contributed by atoms with Crippen molar-refractivity contribution in [2.45, 2.75) is 46.5 Å². The molecule has 0 amide bonds. The van der Waals surface area contributed by atoms with Gasteiger partial charge in [-0.3, -0.25) is 0 Å². The highest BCUT2D eigenvalue weighted by Crippen LogP contribution is 2.42. The van der Waals surface area contributed by atoms with Crippen LogP contribution in [0.25, 0.3) is 10.9 Å². The molecule has 0 bridgehead atoms. The van der Waals surface area contributed by atoms with Gasteiger partial charge in [0.05, 0.1) is 12.6 Å². The van der Waals surface area contributed by atoms with Crippen LogP contribution in [-0.2, 0) is 12.8 Å². The first-order valence-electron chi connectivity index (χ1n) is 7.73. The molecule has 1 heterocycles. The second-order valence-electron chi connectivity index (χ2n) is 6.75. The lowest BCUT2D eigenvalue weighted by atomic mass is 9.69. The molecule has 1 atom stereocenters. The van der Waals surface area contributed by atoms with E-state index in [-0.39, 0.29) is 0 Å². The minimum Gasteiger partial charge on any atom is -0.495 e. The van der Waals surface area contributed by atoms with Gasteiger partial charge in [-0.05, 0) is 42.2 Å². The first-order chi connectivity index (χ1) is 9.56. The number of hydrogen-bond acceptors (Lipinski definition) is 1. The van der Waals surface area contributed by atoms with Crippen LogP contribution in [-0.4, -0.2) is 12.1 Å². The Morgan fingerprint density at radius 3 is 2.85 bits per heavy atom. The molecule has 3 rings (SSSR count). The number of H-pyrrole nitrogens is 1. The van der Waals surface area contributed by atoms with Crippen LogP contribution in [0.4, 0.5) is 0 Å². The van der Waals surface area contributed by atoms with E-state index in [0.717, 1.165) is 11.7 Å². The van der Waals surface area contributed by atoms with Crippen LogP contribution in [0.1, 0.15) is 44.9 Å². The van der Waals surface area contributed by atoms with E-state index in [1.165, 1.54) is 47.8 Å². The summed E-state index contributed by atoms with van der Waals surface area (Å²) in [6.45, 7) is 7.14. The Morgan fingerprint density at radius 1 is 1.35 bits per heavy atom. The third-order valence-corrected chi connectivity index (χ3v) is 5.42. The quantitative estimate of drug-likeness (QED) is 0.858. The van der Waals surface area contributed by atoms with E-state index in [1.54, 1.807) is 7.11 Å². The van der Waals surface area contributed by atoms with E-state index < -0.39 is 0 Å². The lowest BCUT2D eigenvalue weighted by Gasteiger charge is -2.36. The standard InChI is InChI=1S/C18H25NO/c1-5-18(2,3)12-9-10-15-14(11-12)13-7-6-8-16(20-4)17(13)19-15/h6-8,12,19H,5,9-11H2,1-4H3. The first kappa shape index (κ1) is 13.5. The number of benzene rings is 1. The maximum Gasteiger partial charge on any atom is 0.142 e. The van der Waals surface area contributed by atoms with Gasteiger partial charge in [-0.2, -0.15) is 0 Å². The molecule has 1 aromatic heterocycles. The van der Waals surface area contributed by atoms with Crippen molar-refractivity contribution in [1.82, 2.24) is 4.98 Å². The largest absolute Gasteiger partial charge is 0.495 e. The number of para-hydroxylation sites is 1. The summed E-state index contributed by atoms with van der Waals surface area (Å²) in [6, 6.07) is 6.37. The molecule has 20 heavy (non-hydrogen) atoms. The average Bonchev–Trinajstić information content (AvgIpc) is 2.84. The van der Waals surface area contributed by atoms with Gasteiger partial charge in [0.15, 0.2) is 0 Å². The van der Waals surface area contributed by atoms with Crippen LogP contribution in [0.3, 0.4) is 0 Å². The summed E-state index contributed by atoms with van der Waals surface area (Å²) in [4.78, 5) is 3.60. The fraction of sp³-hybridized carbons (Fsp3) is 0.556. The molecular weight excluding hydrogens is 246 g/mol. The molecule has 0 fully saturated rings. The normalized spacial score (nSPS) is 19.1. The Balaban J connectivity index is 2.05. The maximum atomic E-state index is 5.49. The number of ether oxygens (including phenoxy) is 1. The third kappa shape index (κ3) is 2.02. The highest BCUT2D eigenvalue weighted by atomic mass is 16.5. The van der Waals surface area contributed by atoms with Crippen molar-refractivity contribution in [3.8, 4) is 5.75 Å². The van der Waals surface area contributed by atoms with Crippen molar-refractivity contribution < 1.29 is 4.74 Å². The first-order valence-corrected chi connectivity index (χ1v) is 7.73. The Morgan fingerprint density at radius 2 is 2.15 bits per heavy atom. The number of nitrogens with one attached hydrogen (secondary N) is 1. The monoisotopic (exact) mass is 271 g/mol. The summed E-state index contributed by atoms with van der Waals surface area (Å²) < 4.78 is 5.49. The summed E-state index contributed by atoms with van der Waals surface area (Å²) in [5, 5.41) is 1.36. The highest BCUT2D eigenvalue weighted by molar-refractivity contribution is 5.89. The van der Waals surface area contributed by atoms with Gasteiger partial charge in [0.25, 0.3) is 0 Å². The molecule has 0 spiro atoms. The predicted octanol–water partition coefficient (Wildman–Crippen LogP) is 4.72. The molecule has 0 saturated carbocycles. The number of methoxy groups -OCH3 is 1. The number of hydrogen-bond donors (Lipinski definition) is 1. The SMILES string of the molecule is CCC(C)(C)C1CCc2[nH]c3c(OC)cccc3c2C1. The van der Waals surface area contributed by atoms with Crippen LogP contribution in [0, 0.1) is 11.3 Å². The van der Waals surface area contributed by atoms with Gasteiger partial charge >= 0.3 is 0 Å². The van der Waals surface area contributed by atoms with Gasteiger partial charge < -0.3 is 9.72 Å². The molecule has 2 heteroatoms. The van der Waals surface area contributed by atoms with Crippen LogP contribution in [0.2, 0.25) is 0 Å². The topological polar surface area (TPSA) is 25.0 Å². The number of fused-ring (bicyclic) bond motifs is 3. The minimum absolute atomic E-state index is 0.431. The van der Waals surface area contributed by atoms with E-state index >= 15 is 0 Å². The zero-order valence-electron chi connectivity index (χ0n) is 13.0. The molecule has 1 aliphatic carbocycles. The Labute approximate surface area is 121 Å². The molecule has 1 aromatic carbocycles. The van der Waals surface area contributed by atoms with Gasteiger partial charge in [-0.1, -0.05) is 39.3 Å². The van der Waals surface area contributed by atoms with Crippen molar-refractivity contribution in [3.05, 3.63) is 29.5 Å². The molecule has 1 aliphatic rings. The lowest BCUT2D eigenvalue weighted by molar-refractivity contribution is 0.183. The second-order valence-corrected chi connectivity index (χ2v) is 6.75. The molecule has 1 unspecified atom stereocenters. The number of aromatic amines is 1. The average molecular weight is 271 g/mol. The van der Waals surface area contributed by atoms with E-state index in [9.17, 15) is 0 Å². The molecular formula is C18H25NO. The number of aryl methyl sites for hydroxylation is 1. The predicted molar refractivity (Wildman–Crippen MR) is 84.4 cm³/mol. The Bertz CT molecular complexity index is 624. The molecule has 2 aromatic rings. The van der Waals surface area contributed by atoms with Gasteiger partial charge in [-0.15, -0.1) is 0 Å². The maximum absolute atomic E-state index is 5.49. The molecule has 2 nitrogen and oxygen atoms in total.